The lowest BCUT2D eigenvalue weighted by Crippen LogP contribution is -2.21. The van der Waals surface area contributed by atoms with Gasteiger partial charge >= 0.3 is 11.9 Å². The summed E-state index contributed by atoms with van der Waals surface area (Å²) in [6.07, 6.45) is 0.423. The van der Waals surface area contributed by atoms with Crippen LogP contribution in [0.5, 0.6) is 0 Å². The molecule has 0 atom stereocenters. The maximum Gasteiger partial charge on any atom is 0.417 e. The molecule has 0 aliphatic rings. The predicted octanol–water partition coefficient (Wildman–Crippen LogP) is 1.78. The highest BCUT2D eigenvalue weighted by Gasteiger charge is 2.16. The molecule has 4 nitrogen and oxygen atoms in total. The highest BCUT2D eigenvalue weighted by molar-refractivity contribution is 6.29. The van der Waals surface area contributed by atoms with E-state index in [1.54, 1.807) is 26.0 Å². The molecule has 0 saturated heterocycles. The lowest BCUT2D eigenvalue weighted by atomic mass is 10.1. The number of carbonyl (C=O) groups excluding carboxylic acids is 2. The molecule has 18 heavy (non-hydrogen) atoms. The highest BCUT2D eigenvalue weighted by atomic mass is 19.1. The standard InChI is InChI=1S/C13H15FO4/c1-3-17-12(15)13(16)18-7-6-10-4-5-11(14)9(2)8-10/h4-5,8H,3,6-7H2,1-2H3. The van der Waals surface area contributed by atoms with Gasteiger partial charge in [-0.15, -0.1) is 0 Å². The van der Waals surface area contributed by atoms with Crippen LogP contribution < -0.4 is 0 Å². The minimum atomic E-state index is -1.00. The second-order valence-corrected chi connectivity index (χ2v) is 3.69. The predicted molar refractivity (Wildman–Crippen MR) is 62.4 cm³/mol. The molecule has 0 aliphatic carbocycles. The lowest BCUT2D eigenvalue weighted by molar-refractivity contribution is -0.167. The summed E-state index contributed by atoms with van der Waals surface area (Å²) in [4.78, 5) is 22.0. The van der Waals surface area contributed by atoms with Gasteiger partial charge in [-0.1, -0.05) is 12.1 Å². The van der Waals surface area contributed by atoms with Gasteiger partial charge in [-0.3, -0.25) is 0 Å². The molecule has 0 aliphatic heterocycles. The summed E-state index contributed by atoms with van der Waals surface area (Å²) in [5.74, 6) is -2.27. The van der Waals surface area contributed by atoms with Crippen molar-refractivity contribution in [2.45, 2.75) is 20.3 Å². The Balaban J connectivity index is 2.39. The van der Waals surface area contributed by atoms with Gasteiger partial charge in [0.1, 0.15) is 5.82 Å². The van der Waals surface area contributed by atoms with E-state index in [0.29, 0.717) is 12.0 Å². The van der Waals surface area contributed by atoms with Crippen LogP contribution >= 0.6 is 0 Å². The molecule has 0 amide bonds. The van der Waals surface area contributed by atoms with Gasteiger partial charge in [-0.25, -0.2) is 14.0 Å². The number of ether oxygens (including phenoxy) is 2. The van der Waals surface area contributed by atoms with Crippen LogP contribution in [0.3, 0.4) is 0 Å². The molecule has 1 aromatic carbocycles. The van der Waals surface area contributed by atoms with Crippen molar-refractivity contribution in [3.8, 4) is 0 Å². The van der Waals surface area contributed by atoms with Crippen LogP contribution in [0, 0.1) is 12.7 Å². The van der Waals surface area contributed by atoms with Gasteiger partial charge in [0.2, 0.25) is 0 Å². The summed E-state index contributed by atoms with van der Waals surface area (Å²) in [6.45, 7) is 3.45. The summed E-state index contributed by atoms with van der Waals surface area (Å²) >= 11 is 0. The van der Waals surface area contributed by atoms with Crippen LogP contribution in [0.15, 0.2) is 18.2 Å². The molecule has 0 unspecified atom stereocenters. The molecule has 0 radical (unpaired) electrons. The fraction of sp³-hybridized carbons (Fsp3) is 0.385. The molecule has 0 aromatic heterocycles. The van der Waals surface area contributed by atoms with E-state index in [9.17, 15) is 14.0 Å². The van der Waals surface area contributed by atoms with Crippen LogP contribution in [0.25, 0.3) is 0 Å². The van der Waals surface area contributed by atoms with E-state index in [0.717, 1.165) is 5.56 Å². The maximum absolute atomic E-state index is 13.0. The number of hydrogen-bond acceptors (Lipinski definition) is 4. The zero-order valence-electron chi connectivity index (χ0n) is 10.4. The first-order valence-corrected chi connectivity index (χ1v) is 5.63. The van der Waals surface area contributed by atoms with Crippen molar-refractivity contribution >= 4 is 11.9 Å². The summed E-state index contributed by atoms with van der Waals surface area (Å²) in [6, 6.07) is 4.64. The SMILES string of the molecule is CCOC(=O)C(=O)OCCc1ccc(F)c(C)c1. The van der Waals surface area contributed by atoms with Crippen molar-refractivity contribution in [2.75, 3.05) is 13.2 Å². The number of benzene rings is 1. The summed E-state index contributed by atoms with van der Waals surface area (Å²) in [7, 11) is 0. The Kier molecular flexibility index (Phi) is 5.30. The molecule has 1 rings (SSSR count). The third-order valence-electron chi connectivity index (χ3n) is 2.29. The van der Waals surface area contributed by atoms with E-state index in [4.69, 9.17) is 4.74 Å². The van der Waals surface area contributed by atoms with E-state index in [1.165, 1.54) is 6.07 Å². The summed E-state index contributed by atoms with van der Waals surface area (Å²) in [5.41, 5.74) is 1.37. The lowest BCUT2D eigenvalue weighted by Gasteiger charge is -2.05. The third kappa shape index (κ3) is 4.16. The first-order valence-electron chi connectivity index (χ1n) is 5.63. The fourth-order valence-corrected chi connectivity index (χ4v) is 1.37. The normalized spacial score (nSPS) is 9.94. The molecular formula is C13H15FO4. The molecule has 0 heterocycles. The molecule has 0 N–H and O–H groups in total. The Morgan fingerprint density at radius 2 is 1.89 bits per heavy atom. The van der Waals surface area contributed by atoms with Crippen LogP contribution in [0.4, 0.5) is 4.39 Å². The largest absolute Gasteiger partial charge is 0.458 e. The van der Waals surface area contributed by atoms with Crippen LogP contribution in [-0.2, 0) is 25.5 Å². The minimum Gasteiger partial charge on any atom is -0.458 e. The van der Waals surface area contributed by atoms with E-state index in [-0.39, 0.29) is 19.0 Å². The monoisotopic (exact) mass is 254 g/mol. The molecule has 0 saturated carbocycles. The summed E-state index contributed by atoms with van der Waals surface area (Å²) < 4.78 is 22.2. The smallest absolute Gasteiger partial charge is 0.417 e. The molecule has 0 bridgehead atoms. The number of halogens is 1. The van der Waals surface area contributed by atoms with Crippen molar-refractivity contribution in [3.05, 3.63) is 35.1 Å². The zero-order chi connectivity index (χ0) is 13.5. The molecule has 1 aromatic rings. The van der Waals surface area contributed by atoms with Gasteiger partial charge in [-0.05, 0) is 31.0 Å². The molecule has 0 spiro atoms. The number of esters is 2. The first-order chi connectivity index (χ1) is 8.54. The Labute approximate surface area is 105 Å². The number of carbonyl (C=O) groups is 2. The number of aryl methyl sites for hydroxylation is 1. The second kappa shape index (κ2) is 6.74. The van der Waals surface area contributed by atoms with Crippen molar-refractivity contribution in [1.82, 2.24) is 0 Å². The van der Waals surface area contributed by atoms with Gasteiger partial charge in [0, 0.05) is 6.42 Å². The minimum absolute atomic E-state index is 0.0583. The molecule has 98 valence electrons. The van der Waals surface area contributed by atoms with E-state index in [1.807, 2.05) is 0 Å². The van der Waals surface area contributed by atoms with Crippen molar-refractivity contribution in [2.24, 2.45) is 0 Å². The van der Waals surface area contributed by atoms with Crippen molar-refractivity contribution in [1.29, 1.82) is 0 Å². The van der Waals surface area contributed by atoms with Crippen molar-refractivity contribution < 1.29 is 23.5 Å². The molecular weight excluding hydrogens is 239 g/mol. The van der Waals surface area contributed by atoms with Crippen molar-refractivity contribution in [3.63, 3.8) is 0 Å². The van der Waals surface area contributed by atoms with Gasteiger partial charge in [0.05, 0.1) is 13.2 Å². The highest BCUT2D eigenvalue weighted by Crippen LogP contribution is 2.09. The second-order valence-electron chi connectivity index (χ2n) is 3.69. The topological polar surface area (TPSA) is 52.6 Å². The van der Waals surface area contributed by atoms with Gasteiger partial charge in [-0.2, -0.15) is 0 Å². The fourth-order valence-electron chi connectivity index (χ4n) is 1.37. The average Bonchev–Trinajstić information content (AvgIpc) is 2.34. The summed E-state index contributed by atoms with van der Waals surface area (Å²) in [5, 5.41) is 0. The maximum atomic E-state index is 13.0. The van der Waals surface area contributed by atoms with Crippen LogP contribution in [0.2, 0.25) is 0 Å². The average molecular weight is 254 g/mol. The van der Waals surface area contributed by atoms with Gasteiger partial charge < -0.3 is 9.47 Å². The quantitative estimate of drug-likeness (QED) is 0.607. The Bertz CT molecular complexity index is 443. The van der Waals surface area contributed by atoms with E-state index < -0.39 is 11.9 Å². The molecule has 5 heteroatoms. The Morgan fingerprint density at radius 1 is 1.22 bits per heavy atom. The first kappa shape index (κ1) is 14.2. The number of hydrogen-bond donors (Lipinski definition) is 0. The van der Waals surface area contributed by atoms with Crippen LogP contribution in [0.1, 0.15) is 18.1 Å². The van der Waals surface area contributed by atoms with Gasteiger partial charge in [0.25, 0.3) is 0 Å². The van der Waals surface area contributed by atoms with Crippen LogP contribution in [-0.4, -0.2) is 25.2 Å². The van der Waals surface area contributed by atoms with Gasteiger partial charge in [0.15, 0.2) is 0 Å². The Hall–Kier alpha value is -1.91. The third-order valence-corrected chi connectivity index (χ3v) is 2.29. The Morgan fingerprint density at radius 3 is 2.50 bits per heavy atom. The van der Waals surface area contributed by atoms with E-state index in [2.05, 4.69) is 4.74 Å². The molecule has 0 fully saturated rings. The number of rotatable bonds is 4. The van der Waals surface area contributed by atoms with E-state index >= 15 is 0 Å². The zero-order valence-corrected chi connectivity index (χ0v) is 10.4.